The van der Waals surface area contributed by atoms with Gasteiger partial charge < -0.3 is 4.98 Å². The van der Waals surface area contributed by atoms with Crippen LogP contribution in [-0.2, 0) is 19.5 Å². The maximum absolute atomic E-state index is 12.5. The average molecular weight is 411 g/mol. The molecule has 0 unspecified atom stereocenters. The molecule has 5 nitrogen and oxygen atoms in total. The van der Waals surface area contributed by atoms with E-state index in [2.05, 4.69) is 55.9 Å². The number of H-pyrrole nitrogens is 1. The number of aromatic nitrogens is 3. The fraction of sp³-hybridized carbons (Fsp3) is 0.250. The van der Waals surface area contributed by atoms with Crippen LogP contribution < -0.4 is 5.56 Å². The summed E-state index contributed by atoms with van der Waals surface area (Å²) < 4.78 is 1.12. The minimum atomic E-state index is -0.0296. The number of halogens is 1. The first-order chi connectivity index (χ1) is 12.6. The lowest BCUT2D eigenvalue weighted by molar-refractivity contribution is 0.240. The number of benzene rings is 1. The van der Waals surface area contributed by atoms with Crippen molar-refractivity contribution in [2.45, 2.75) is 26.4 Å². The Balaban J connectivity index is 1.61. The van der Waals surface area contributed by atoms with Crippen LogP contribution in [0.1, 0.15) is 22.4 Å². The Morgan fingerprint density at radius 1 is 1.23 bits per heavy atom. The third kappa shape index (κ3) is 3.48. The second-order valence-electron chi connectivity index (χ2n) is 6.63. The van der Waals surface area contributed by atoms with Crippen molar-refractivity contribution in [3.63, 3.8) is 0 Å². The van der Waals surface area contributed by atoms with E-state index in [9.17, 15) is 4.79 Å². The third-order valence-electron chi connectivity index (χ3n) is 4.71. The summed E-state index contributed by atoms with van der Waals surface area (Å²) >= 11 is 3.66. The molecule has 3 heterocycles. The fourth-order valence-corrected chi connectivity index (χ4v) is 3.92. The highest BCUT2D eigenvalue weighted by molar-refractivity contribution is 9.10. The van der Waals surface area contributed by atoms with Crippen LogP contribution in [0.2, 0.25) is 0 Å². The molecule has 0 spiro atoms. The Labute approximate surface area is 160 Å². The summed E-state index contributed by atoms with van der Waals surface area (Å²) in [6.45, 7) is 4.45. The highest BCUT2D eigenvalue weighted by atomic mass is 79.9. The van der Waals surface area contributed by atoms with E-state index >= 15 is 0 Å². The summed E-state index contributed by atoms with van der Waals surface area (Å²) in [6.07, 6.45) is 4.13. The zero-order valence-corrected chi connectivity index (χ0v) is 16.1. The van der Waals surface area contributed by atoms with Crippen molar-refractivity contribution >= 4 is 15.9 Å². The monoisotopic (exact) mass is 410 g/mol. The lowest BCUT2D eigenvalue weighted by Gasteiger charge is -2.28. The van der Waals surface area contributed by atoms with E-state index in [-0.39, 0.29) is 5.56 Å². The number of nitrogens with one attached hydrogen (secondary N) is 1. The van der Waals surface area contributed by atoms with Gasteiger partial charge in [0.15, 0.2) is 0 Å². The predicted octanol–water partition coefficient (Wildman–Crippen LogP) is 3.46. The van der Waals surface area contributed by atoms with E-state index in [1.807, 2.05) is 12.1 Å². The number of nitrogens with zero attached hydrogens (tertiary/aromatic N) is 3. The lowest BCUT2D eigenvalue weighted by Crippen LogP contribution is -2.35. The van der Waals surface area contributed by atoms with Crippen LogP contribution in [-0.4, -0.2) is 26.4 Å². The molecule has 0 saturated carbocycles. The van der Waals surface area contributed by atoms with Gasteiger partial charge >= 0.3 is 0 Å². The van der Waals surface area contributed by atoms with Crippen LogP contribution in [0.3, 0.4) is 0 Å². The molecule has 1 N–H and O–H groups in total. The Kier molecular flexibility index (Phi) is 4.70. The van der Waals surface area contributed by atoms with Gasteiger partial charge in [0.2, 0.25) is 0 Å². The summed E-state index contributed by atoms with van der Waals surface area (Å²) in [4.78, 5) is 26.5. The van der Waals surface area contributed by atoms with Crippen LogP contribution in [0.4, 0.5) is 0 Å². The first-order valence-corrected chi connectivity index (χ1v) is 9.39. The highest BCUT2D eigenvalue weighted by Crippen LogP contribution is 2.23. The van der Waals surface area contributed by atoms with Gasteiger partial charge in [-0.3, -0.25) is 14.7 Å². The molecule has 0 saturated heterocycles. The molecule has 0 atom stereocenters. The van der Waals surface area contributed by atoms with Crippen molar-refractivity contribution < 1.29 is 0 Å². The van der Waals surface area contributed by atoms with Gasteiger partial charge in [-0.25, -0.2) is 4.98 Å². The molecule has 132 valence electrons. The molecule has 3 aromatic rings. The molecule has 2 aromatic heterocycles. The van der Waals surface area contributed by atoms with Crippen LogP contribution in [0.25, 0.3) is 11.4 Å². The molecule has 1 aromatic carbocycles. The second kappa shape index (κ2) is 7.13. The molecule has 1 aliphatic rings. The predicted molar refractivity (Wildman–Crippen MR) is 105 cm³/mol. The average Bonchev–Trinajstić information content (AvgIpc) is 2.64. The zero-order valence-electron chi connectivity index (χ0n) is 14.5. The smallest absolute Gasteiger partial charge is 0.254 e. The number of pyridine rings is 1. The van der Waals surface area contributed by atoms with Crippen molar-refractivity contribution in [1.29, 1.82) is 0 Å². The van der Waals surface area contributed by atoms with Crippen LogP contribution in [0.15, 0.2) is 52.0 Å². The van der Waals surface area contributed by atoms with Crippen molar-refractivity contribution in [3.05, 3.63) is 79.9 Å². The van der Waals surface area contributed by atoms with Crippen molar-refractivity contribution in [1.82, 2.24) is 19.9 Å². The number of fused-ring (bicyclic) bond motifs is 1. The first kappa shape index (κ1) is 17.1. The molecule has 4 rings (SSSR count). The minimum Gasteiger partial charge on any atom is -0.306 e. The van der Waals surface area contributed by atoms with E-state index in [4.69, 9.17) is 4.98 Å². The number of hydrogen-bond donors (Lipinski definition) is 1. The number of aromatic amines is 1. The quantitative estimate of drug-likeness (QED) is 0.717. The number of rotatable bonds is 3. The van der Waals surface area contributed by atoms with E-state index in [1.54, 1.807) is 12.4 Å². The van der Waals surface area contributed by atoms with Crippen LogP contribution in [0, 0.1) is 6.92 Å². The standard InChI is InChI=1S/C20H19BrN4O/c1-13-2-3-15(17(21)10-13)11-25-9-6-16-18(12-25)23-19(24-20(16)26)14-4-7-22-8-5-14/h2-5,7-8,10H,6,9,11-12H2,1H3,(H,23,24,26). The first-order valence-electron chi connectivity index (χ1n) is 8.60. The van der Waals surface area contributed by atoms with E-state index < -0.39 is 0 Å². The molecule has 0 aliphatic carbocycles. The topological polar surface area (TPSA) is 61.9 Å². The third-order valence-corrected chi connectivity index (χ3v) is 5.45. The van der Waals surface area contributed by atoms with E-state index in [1.165, 1.54) is 11.1 Å². The molecule has 1 aliphatic heterocycles. The fourth-order valence-electron chi connectivity index (χ4n) is 3.30. The van der Waals surface area contributed by atoms with Crippen molar-refractivity contribution in [2.24, 2.45) is 0 Å². The summed E-state index contributed by atoms with van der Waals surface area (Å²) in [7, 11) is 0. The summed E-state index contributed by atoms with van der Waals surface area (Å²) in [6, 6.07) is 10.1. The molecule has 0 amide bonds. The normalized spacial score (nSPS) is 14.2. The van der Waals surface area contributed by atoms with Gasteiger partial charge in [-0.05, 0) is 42.7 Å². The van der Waals surface area contributed by atoms with Crippen molar-refractivity contribution in [3.8, 4) is 11.4 Å². The Bertz CT molecular complexity index is 1000. The van der Waals surface area contributed by atoms with E-state index in [0.717, 1.165) is 40.8 Å². The summed E-state index contributed by atoms with van der Waals surface area (Å²) in [5, 5.41) is 0. The maximum atomic E-state index is 12.5. The van der Waals surface area contributed by atoms with Gasteiger partial charge in [0.25, 0.3) is 5.56 Å². The van der Waals surface area contributed by atoms with Crippen LogP contribution in [0.5, 0.6) is 0 Å². The van der Waals surface area contributed by atoms with Gasteiger partial charge in [-0.15, -0.1) is 0 Å². The molecule has 0 bridgehead atoms. The van der Waals surface area contributed by atoms with Gasteiger partial charge in [-0.1, -0.05) is 28.1 Å². The summed E-state index contributed by atoms with van der Waals surface area (Å²) in [5.41, 5.74) is 5.01. The largest absolute Gasteiger partial charge is 0.306 e. The van der Waals surface area contributed by atoms with Crippen LogP contribution >= 0.6 is 15.9 Å². The summed E-state index contributed by atoms with van der Waals surface area (Å²) in [5.74, 6) is 0.606. The zero-order chi connectivity index (χ0) is 18.1. The molecule has 0 fully saturated rings. The Morgan fingerprint density at radius 3 is 2.81 bits per heavy atom. The SMILES string of the molecule is Cc1ccc(CN2CCc3c(nc(-c4ccncc4)[nH]c3=O)C2)c(Br)c1. The van der Waals surface area contributed by atoms with E-state index in [0.29, 0.717) is 12.4 Å². The second-order valence-corrected chi connectivity index (χ2v) is 7.49. The van der Waals surface area contributed by atoms with Crippen molar-refractivity contribution in [2.75, 3.05) is 6.54 Å². The molecule has 0 radical (unpaired) electrons. The molecule has 26 heavy (non-hydrogen) atoms. The van der Waals surface area contributed by atoms with Gasteiger partial charge in [0.1, 0.15) is 5.82 Å². The molecular weight excluding hydrogens is 392 g/mol. The number of hydrogen-bond acceptors (Lipinski definition) is 4. The number of aryl methyl sites for hydroxylation is 1. The molecular formula is C20H19BrN4O. The van der Waals surface area contributed by atoms with Gasteiger partial charge in [0, 0.05) is 47.6 Å². The van der Waals surface area contributed by atoms with Gasteiger partial charge in [-0.2, -0.15) is 0 Å². The van der Waals surface area contributed by atoms with Gasteiger partial charge in [0.05, 0.1) is 5.69 Å². The highest BCUT2D eigenvalue weighted by Gasteiger charge is 2.22. The Hall–Kier alpha value is -2.31. The lowest BCUT2D eigenvalue weighted by atomic mass is 10.0. The Morgan fingerprint density at radius 2 is 2.04 bits per heavy atom. The molecule has 6 heteroatoms. The maximum Gasteiger partial charge on any atom is 0.254 e. The minimum absolute atomic E-state index is 0.0296.